The molecule has 1 aliphatic heterocycles. The predicted octanol–water partition coefficient (Wildman–Crippen LogP) is 1.09. The van der Waals surface area contributed by atoms with Crippen molar-refractivity contribution in [3.63, 3.8) is 0 Å². The molecular formula is C20H18N6O4. The molecule has 4 rings (SSSR count). The molecule has 1 fully saturated rings. The summed E-state index contributed by atoms with van der Waals surface area (Å²) < 4.78 is 1.01. The zero-order valence-corrected chi connectivity index (χ0v) is 15.8. The first kappa shape index (κ1) is 19.2. The molecule has 1 saturated heterocycles. The lowest BCUT2D eigenvalue weighted by molar-refractivity contribution is -0.136. The maximum absolute atomic E-state index is 12.8. The molecule has 3 N–H and O–H groups in total. The van der Waals surface area contributed by atoms with Crippen LogP contribution in [0.2, 0.25) is 0 Å². The Balaban J connectivity index is 1.48. The first-order chi connectivity index (χ1) is 14.5. The van der Waals surface area contributed by atoms with Crippen LogP contribution < -0.4 is 21.5 Å². The Morgan fingerprint density at radius 1 is 1.13 bits per heavy atom. The molecule has 30 heavy (non-hydrogen) atoms. The number of imide groups is 1. The van der Waals surface area contributed by atoms with Gasteiger partial charge in [-0.3, -0.25) is 19.7 Å². The second-order valence-corrected chi connectivity index (χ2v) is 6.83. The molecule has 4 amide bonds. The molecule has 0 radical (unpaired) electrons. The molecule has 2 aromatic carbocycles. The number of aromatic nitrogens is 3. The molecule has 1 aromatic heterocycles. The second kappa shape index (κ2) is 8.11. The number of benzene rings is 2. The van der Waals surface area contributed by atoms with Gasteiger partial charge in [-0.1, -0.05) is 29.5 Å². The quantitative estimate of drug-likeness (QED) is 0.555. The number of nitrogens with zero attached hydrogens (tertiary/aromatic N) is 3. The van der Waals surface area contributed by atoms with Gasteiger partial charge < -0.3 is 10.6 Å². The summed E-state index contributed by atoms with van der Waals surface area (Å²) in [6.07, 6.45) is 0.335. The minimum Gasteiger partial charge on any atom is -0.334 e. The standard InChI is InChI=1S/C20H18N6O4/c27-17-9-8-16(18(28)23-17)26-19(29)14-7-6-12(10-15(14)24-25-26)11-21-20(30)22-13-4-2-1-3-5-13/h1-7,10,16H,8-9,11H2,(H2,21,22,30)(H,23,27,28). The summed E-state index contributed by atoms with van der Waals surface area (Å²) in [7, 11) is 0. The monoisotopic (exact) mass is 406 g/mol. The number of piperidine rings is 1. The topological polar surface area (TPSA) is 135 Å². The van der Waals surface area contributed by atoms with Gasteiger partial charge in [-0.05, 0) is 36.2 Å². The van der Waals surface area contributed by atoms with Gasteiger partial charge in [0.25, 0.3) is 11.5 Å². The summed E-state index contributed by atoms with van der Waals surface area (Å²) >= 11 is 0. The van der Waals surface area contributed by atoms with Gasteiger partial charge in [-0.15, -0.1) is 5.10 Å². The lowest BCUT2D eigenvalue weighted by atomic mass is 10.1. The highest BCUT2D eigenvalue weighted by Gasteiger charge is 2.30. The number of urea groups is 1. The molecule has 152 valence electrons. The van der Waals surface area contributed by atoms with E-state index in [9.17, 15) is 19.2 Å². The molecule has 0 spiro atoms. The Morgan fingerprint density at radius 3 is 2.70 bits per heavy atom. The highest BCUT2D eigenvalue weighted by atomic mass is 16.2. The van der Waals surface area contributed by atoms with Gasteiger partial charge in [0.1, 0.15) is 11.6 Å². The molecule has 1 unspecified atom stereocenters. The summed E-state index contributed by atoms with van der Waals surface area (Å²) in [6.45, 7) is 0.229. The molecule has 1 aliphatic rings. The number of anilines is 1. The first-order valence-corrected chi connectivity index (χ1v) is 9.33. The van der Waals surface area contributed by atoms with Crippen LogP contribution in [0.15, 0.2) is 53.3 Å². The minimum absolute atomic E-state index is 0.137. The van der Waals surface area contributed by atoms with Crippen LogP contribution in [-0.4, -0.2) is 32.8 Å². The van der Waals surface area contributed by atoms with Crippen molar-refractivity contribution in [2.45, 2.75) is 25.4 Å². The number of carbonyl (C=O) groups is 3. The van der Waals surface area contributed by atoms with E-state index in [-0.39, 0.29) is 31.3 Å². The number of carbonyl (C=O) groups excluding carboxylic acids is 3. The SMILES string of the molecule is O=C1CCC(n2nnc3cc(CNC(=O)Nc4ccccc4)ccc3c2=O)C(=O)N1. The lowest BCUT2D eigenvalue weighted by Gasteiger charge is -2.21. The second-order valence-electron chi connectivity index (χ2n) is 6.83. The third-order valence-corrected chi connectivity index (χ3v) is 4.74. The Hall–Kier alpha value is -4.08. The number of hydrogen-bond acceptors (Lipinski definition) is 6. The smallest absolute Gasteiger partial charge is 0.319 e. The molecule has 0 saturated carbocycles. The van der Waals surface area contributed by atoms with Crippen LogP contribution in [0.5, 0.6) is 0 Å². The fourth-order valence-electron chi connectivity index (χ4n) is 3.21. The number of nitrogens with one attached hydrogen (secondary N) is 3. The van der Waals surface area contributed by atoms with Crippen molar-refractivity contribution in [1.29, 1.82) is 0 Å². The molecule has 0 bridgehead atoms. The van der Waals surface area contributed by atoms with E-state index in [2.05, 4.69) is 26.3 Å². The fourth-order valence-corrected chi connectivity index (χ4v) is 3.21. The van der Waals surface area contributed by atoms with Crippen LogP contribution in [-0.2, 0) is 16.1 Å². The summed E-state index contributed by atoms with van der Waals surface area (Å²) in [5.41, 5.74) is 1.30. The van der Waals surface area contributed by atoms with Gasteiger partial charge in [-0.25, -0.2) is 4.79 Å². The van der Waals surface area contributed by atoms with Crippen molar-refractivity contribution in [2.24, 2.45) is 0 Å². The molecule has 0 aliphatic carbocycles. The van der Waals surface area contributed by atoms with E-state index in [0.29, 0.717) is 16.6 Å². The molecule has 3 aromatic rings. The summed E-state index contributed by atoms with van der Waals surface area (Å²) in [6, 6.07) is 12.8. The summed E-state index contributed by atoms with van der Waals surface area (Å²) in [4.78, 5) is 48.1. The maximum Gasteiger partial charge on any atom is 0.319 e. The van der Waals surface area contributed by atoms with Gasteiger partial charge in [0.05, 0.1) is 5.39 Å². The number of fused-ring (bicyclic) bond motifs is 1. The van der Waals surface area contributed by atoms with Crippen LogP contribution in [0, 0.1) is 0 Å². The molecular weight excluding hydrogens is 388 g/mol. The van der Waals surface area contributed by atoms with Crippen molar-refractivity contribution < 1.29 is 14.4 Å². The van der Waals surface area contributed by atoms with Crippen LogP contribution in [0.3, 0.4) is 0 Å². The molecule has 10 nitrogen and oxygen atoms in total. The van der Waals surface area contributed by atoms with E-state index in [1.807, 2.05) is 18.2 Å². The van der Waals surface area contributed by atoms with Gasteiger partial charge in [0, 0.05) is 18.7 Å². The molecule has 2 heterocycles. The van der Waals surface area contributed by atoms with E-state index in [0.717, 1.165) is 10.2 Å². The third kappa shape index (κ3) is 4.02. The van der Waals surface area contributed by atoms with Crippen LogP contribution in [0.25, 0.3) is 10.9 Å². The van der Waals surface area contributed by atoms with Crippen LogP contribution in [0.1, 0.15) is 24.4 Å². The number of para-hydroxylation sites is 1. The summed E-state index contributed by atoms with van der Waals surface area (Å²) in [5, 5.41) is 15.9. The Kier molecular flexibility index (Phi) is 5.21. The van der Waals surface area contributed by atoms with E-state index < -0.39 is 17.5 Å². The normalized spacial score (nSPS) is 16.2. The Labute approximate surface area is 170 Å². The average molecular weight is 406 g/mol. The van der Waals surface area contributed by atoms with Crippen LogP contribution in [0.4, 0.5) is 10.5 Å². The fraction of sp³-hybridized carbons (Fsp3) is 0.200. The number of rotatable bonds is 4. The Bertz CT molecular complexity index is 1190. The van der Waals surface area contributed by atoms with Gasteiger partial charge in [-0.2, -0.15) is 4.68 Å². The van der Waals surface area contributed by atoms with E-state index in [1.54, 1.807) is 30.3 Å². The van der Waals surface area contributed by atoms with Gasteiger partial charge in [0.2, 0.25) is 5.91 Å². The molecule has 10 heteroatoms. The number of hydrogen-bond donors (Lipinski definition) is 3. The van der Waals surface area contributed by atoms with Crippen molar-refractivity contribution >= 4 is 34.4 Å². The van der Waals surface area contributed by atoms with Crippen molar-refractivity contribution in [1.82, 2.24) is 25.6 Å². The van der Waals surface area contributed by atoms with Crippen molar-refractivity contribution in [2.75, 3.05) is 5.32 Å². The summed E-state index contributed by atoms with van der Waals surface area (Å²) in [5.74, 6) is -0.932. The average Bonchev–Trinajstić information content (AvgIpc) is 2.74. The zero-order valence-electron chi connectivity index (χ0n) is 15.8. The van der Waals surface area contributed by atoms with E-state index in [1.165, 1.54) is 0 Å². The number of amides is 4. The third-order valence-electron chi connectivity index (χ3n) is 4.74. The van der Waals surface area contributed by atoms with Gasteiger partial charge >= 0.3 is 6.03 Å². The molecule has 1 atom stereocenters. The largest absolute Gasteiger partial charge is 0.334 e. The van der Waals surface area contributed by atoms with Gasteiger partial charge in [0.15, 0.2) is 0 Å². The Morgan fingerprint density at radius 2 is 1.93 bits per heavy atom. The minimum atomic E-state index is -0.866. The predicted molar refractivity (Wildman–Crippen MR) is 108 cm³/mol. The highest BCUT2D eigenvalue weighted by Crippen LogP contribution is 2.17. The maximum atomic E-state index is 12.8. The highest BCUT2D eigenvalue weighted by molar-refractivity contribution is 5.99. The first-order valence-electron chi connectivity index (χ1n) is 9.33. The van der Waals surface area contributed by atoms with Crippen molar-refractivity contribution in [3.8, 4) is 0 Å². The zero-order chi connectivity index (χ0) is 21.1. The van der Waals surface area contributed by atoms with Crippen LogP contribution >= 0.6 is 0 Å². The van der Waals surface area contributed by atoms with E-state index in [4.69, 9.17) is 0 Å². The van der Waals surface area contributed by atoms with E-state index >= 15 is 0 Å². The lowest BCUT2D eigenvalue weighted by Crippen LogP contribution is -2.45. The van der Waals surface area contributed by atoms with Crippen molar-refractivity contribution in [3.05, 3.63) is 64.4 Å².